The van der Waals surface area contributed by atoms with E-state index in [9.17, 15) is 4.79 Å². The molecule has 1 fully saturated rings. The lowest BCUT2D eigenvalue weighted by molar-refractivity contribution is 0.220. The van der Waals surface area contributed by atoms with Crippen molar-refractivity contribution < 1.29 is 4.79 Å². The first kappa shape index (κ1) is 13.3. The fourth-order valence-corrected chi connectivity index (χ4v) is 1.81. The average molecular weight is 261 g/mol. The number of carbonyl (C=O) groups excluding carboxylic acids is 1. The van der Waals surface area contributed by atoms with Crippen molar-refractivity contribution in [2.24, 2.45) is 5.73 Å². The SMILES string of the molecule is Cc1cccnc1CCN(C(=N)N)C(=O)NC1CC1. The van der Waals surface area contributed by atoms with Crippen LogP contribution in [-0.4, -0.2) is 34.5 Å². The molecule has 2 rings (SSSR count). The van der Waals surface area contributed by atoms with Crippen LogP contribution >= 0.6 is 0 Å². The van der Waals surface area contributed by atoms with Crippen LogP contribution in [0.5, 0.6) is 0 Å². The second-order valence-corrected chi connectivity index (χ2v) is 4.78. The molecule has 19 heavy (non-hydrogen) atoms. The number of amides is 2. The van der Waals surface area contributed by atoms with E-state index in [0.29, 0.717) is 13.0 Å². The highest BCUT2D eigenvalue weighted by Crippen LogP contribution is 2.19. The highest BCUT2D eigenvalue weighted by molar-refractivity contribution is 5.94. The van der Waals surface area contributed by atoms with Crippen molar-refractivity contribution in [2.45, 2.75) is 32.2 Å². The Morgan fingerprint density at radius 2 is 2.37 bits per heavy atom. The lowest BCUT2D eigenvalue weighted by Crippen LogP contribution is -2.48. The van der Waals surface area contributed by atoms with Gasteiger partial charge < -0.3 is 11.1 Å². The summed E-state index contributed by atoms with van der Waals surface area (Å²) in [5.41, 5.74) is 7.47. The van der Waals surface area contributed by atoms with Crippen LogP contribution in [0.15, 0.2) is 18.3 Å². The summed E-state index contributed by atoms with van der Waals surface area (Å²) < 4.78 is 0. The third kappa shape index (κ3) is 3.67. The van der Waals surface area contributed by atoms with Crippen molar-refractivity contribution in [3.8, 4) is 0 Å². The first-order valence-electron chi connectivity index (χ1n) is 6.40. The number of nitrogens with one attached hydrogen (secondary N) is 2. The first-order chi connectivity index (χ1) is 9.08. The average Bonchev–Trinajstić information content (AvgIpc) is 3.15. The minimum atomic E-state index is -0.288. The number of rotatable bonds is 4. The Kier molecular flexibility index (Phi) is 3.99. The van der Waals surface area contributed by atoms with Crippen LogP contribution in [0.4, 0.5) is 4.79 Å². The number of urea groups is 1. The van der Waals surface area contributed by atoms with Gasteiger partial charge >= 0.3 is 6.03 Å². The minimum absolute atomic E-state index is 0.230. The summed E-state index contributed by atoms with van der Waals surface area (Å²) in [6.45, 7) is 2.34. The topological polar surface area (TPSA) is 95.1 Å². The van der Waals surface area contributed by atoms with Gasteiger partial charge in [0.25, 0.3) is 0 Å². The smallest absolute Gasteiger partial charge is 0.324 e. The predicted molar refractivity (Wildman–Crippen MR) is 72.9 cm³/mol. The Bertz CT molecular complexity index is 484. The third-order valence-electron chi connectivity index (χ3n) is 3.13. The molecule has 6 nitrogen and oxygen atoms in total. The minimum Gasteiger partial charge on any atom is -0.370 e. The zero-order valence-electron chi connectivity index (χ0n) is 11.0. The van der Waals surface area contributed by atoms with E-state index in [1.54, 1.807) is 6.20 Å². The molecule has 0 aromatic carbocycles. The van der Waals surface area contributed by atoms with E-state index >= 15 is 0 Å². The zero-order valence-corrected chi connectivity index (χ0v) is 11.0. The molecule has 0 saturated heterocycles. The summed E-state index contributed by atoms with van der Waals surface area (Å²) in [5.74, 6) is -0.230. The molecule has 0 radical (unpaired) electrons. The monoisotopic (exact) mass is 261 g/mol. The van der Waals surface area contributed by atoms with Gasteiger partial charge in [-0.2, -0.15) is 0 Å². The molecule has 1 aliphatic rings. The molecule has 1 aliphatic carbocycles. The molecular weight excluding hydrogens is 242 g/mol. The first-order valence-corrected chi connectivity index (χ1v) is 6.40. The van der Waals surface area contributed by atoms with Crippen molar-refractivity contribution >= 4 is 12.0 Å². The van der Waals surface area contributed by atoms with Crippen molar-refractivity contribution in [1.82, 2.24) is 15.2 Å². The van der Waals surface area contributed by atoms with Gasteiger partial charge in [-0.1, -0.05) is 6.07 Å². The van der Waals surface area contributed by atoms with Gasteiger partial charge in [0.1, 0.15) is 0 Å². The van der Waals surface area contributed by atoms with E-state index < -0.39 is 0 Å². The summed E-state index contributed by atoms with van der Waals surface area (Å²) in [4.78, 5) is 17.4. The number of pyridine rings is 1. The Hall–Kier alpha value is -2.11. The molecule has 0 aliphatic heterocycles. The predicted octanol–water partition coefficient (Wildman–Crippen LogP) is 1.000. The maximum atomic E-state index is 11.9. The molecule has 1 saturated carbocycles. The van der Waals surface area contributed by atoms with Crippen LogP contribution in [0.25, 0.3) is 0 Å². The van der Waals surface area contributed by atoms with Gasteiger partial charge in [-0.15, -0.1) is 0 Å². The number of hydrogen-bond acceptors (Lipinski definition) is 3. The Morgan fingerprint density at radius 1 is 1.63 bits per heavy atom. The number of carbonyl (C=O) groups is 1. The van der Waals surface area contributed by atoms with Gasteiger partial charge in [0, 0.05) is 30.9 Å². The molecule has 102 valence electrons. The molecule has 4 N–H and O–H groups in total. The van der Waals surface area contributed by atoms with E-state index in [1.165, 1.54) is 4.90 Å². The third-order valence-corrected chi connectivity index (χ3v) is 3.13. The number of aryl methyl sites for hydroxylation is 1. The van der Waals surface area contributed by atoms with Gasteiger partial charge in [-0.3, -0.25) is 15.3 Å². The molecule has 2 amide bonds. The van der Waals surface area contributed by atoms with E-state index in [1.807, 2.05) is 19.1 Å². The molecular formula is C13H19N5O. The molecule has 0 bridgehead atoms. The van der Waals surface area contributed by atoms with Crippen molar-refractivity contribution in [3.05, 3.63) is 29.6 Å². The Morgan fingerprint density at radius 3 is 2.95 bits per heavy atom. The van der Waals surface area contributed by atoms with Crippen LogP contribution in [0.3, 0.4) is 0 Å². The summed E-state index contributed by atoms with van der Waals surface area (Å²) in [6.07, 6.45) is 4.34. The largest absolute Gasteiger partial charge is 0.370 e. The maximum Gasteiger partial charge on any atom is 0.324 e. The molecule has 6 heteroatoms. The van der Waals surface area contributed by atoms with E-state index in [0.717, 1.165) is 24.1 Å². The second-order valence-electron chi connectivity index (χ2n) is 4.78. The van der Waals surface area contributed by atoms with E-state index in [2.05, 4.69) is 10.3 Å². The number of guanidine groups is 1. The van der Waals surface area contributed by atoms with Crippen molar-refractivity contribution in [3.63, 3.8) is 0 Å². The van der Waals surface area contributed by atoms with Crippen molar-refractivity contribution in [2.75, 3.05) is 6.54 Å². The lowest BCUT2D eigenvalue weighted by atomic mass is 10.1. The molecule has 0 unspecified atom stereocenters. The molecule has 1 aromatic heterocycles. The number of nitrogens with two attached hydrogens (primary N) is 1. The summed E-state index contributed by atoms with van der Waals surface area (Å²) in [6, 6.07) is 3.82. The lowest BCUT2D eigenvalue weighted by Gasteiger charge is -2.21. The van der Waals surface area contributed by atoms with Crippen molar-refractivity contribution in [1.29, 1.82) is 5.41 Å². The number of nitrogens with zero attached hydrogens (tertiary/aromatic N) is 2. The quantitative estimate of drug-likeness (QED) is 0.557. The fraction of sp³-hybridized carbons (Fsp3) is 0.462. The molecule has 1 heterocycles. The Labute approximate surface area is 112 Å². The van der Waals surface area contributed by atoms with E-state index in [-0.39, 0.29) is 18.0 Å². The second kappa shape index (κ2) is 5.69. The summed E-state index contributed by atoms with van der Waals surface area (Å²) in [5, 5.41) is 10.3. The molecule has 0 spiro atoms. The van der Waals surface area contributed by atoms with Gasteiger partial charge in [0.2, 0.25) is 0 Å². The van der Waals surface area contributed by atoms with Crippen LogP contribution in [-0.2, 0) is 6.42 Å². The van der Waals surface area contributed by atoms with Gasteiger partial charge in [0.05, 0.1) is 0 Å². The fourth-order valence-electron chi connectivity index (χ4n) is 1.81. The number of hydrogen-bond donors (Lipinski definition) is 3. The van der Waals surface area contributed by atoms with E-state index in [4.69, 9.17) is 11.1 Å². The standard InChI is InChI=1S/C13H19N5O/c1-9-3-2-7-16-11(9)6-8-18(12(14)15)13(19)17-10-4-5-10/h2-3,7,10H,4-6,8H2,1H3,(H3,14,15)(H,17,19). The number of aromatic nitrogens is 1. The maximum absolute atomic E-state index is 11.9. The molecule has 1 aromatic rings. The van der Waals surface area contributed by atoms with Gasteiger partial charge in [-0.25, -0.2) is 4.79 Å². The van der Waals surface area contributed by atoms with Crippen LogP contribution in [0.1, 0.15) is 24.1 Å². The van der Waals surface area contributed by atoms with Crippen LogP contribution in [0.2, 0.25) is 0 Å². The zero-order chi connectivity index (χ0) is 13.8. The Balaban J connectivity index is 1.95. The molecule has 0 atom stereocenters. The van der Waals surface area contributed by atoms with Crippen LogP contribution in [0, 0.1) is 12.3 Å². The van der Waals surface area contributed by atoms with Gasteiger partial charge in [0.15, 0.2) is 5.96 Å². The highest BCUT2D eigenvalue weighted by Gasteiger charge is 2.26. The van der Waals surface area contributed by atoms with Gasteiger partial charge in [-0.05, 0) is 31.4 Å². The summed E-state index contributed by atoms with van der Waals surface area (Å²) in [7, 11) is 0. The highest BCUT2D eigenvalue weighted by atomic mass is 16.2. The normalized spacial score (nSPS) is 13.9. The summed E-state index contributed by atoms with van der Waals surface area (Å²) >= 11 is 0. The van der Waals surface area contributed by atoms with Crippen LogP contribution < -0.4 is 11.1 Å².